The number of nitrogens with one attached hydrogen (secondary N) is 2. The summed E-state index contributed by atoms with van der Waals surface area (Å²) in [6.07, 6.45) is 7.33. The van der Waals surface area contributed by atoms with Crippen LogP contribution >= 0.6 is 0 Å². The third-order valence-corrected chi connectivity index (χ3v) is 9.00. The van der Waals surface area contributed by atoms with Crippen molar-refractivity contribution >= 4 is 28.9 Å². The first-order valence-corrected chi connectivity index (χ1v) is 15.1. The van der Waals surface area contributed by atoms with E-state index < -0.39 is 5.91 Å². The maximum absolute atomic E-state index is 12.3. The van der Waals surface area contributed by atoms with E-state index in [4.69, 9.17) is 16.5 Å². The van der Waals surface area contributed by atoms with Crippen LogP contribution in [0.1, 0.15) is 67.2 Å². The Morgan fingerprint density at radius 1 is 1.00 bits per heavy atom. The number of nitrogens with two attached hydrogens (primary N) is 2. The summed E-state index contributed by atoms with van der Waals surface area (Å²) in [7, 11) is 2.21. The SMILES string of the molecule is CCc1nc(C(N)=O)c(Nc2ccc(N3CCC(N4CCN(C)CC4)CC3)c(C)c2)nc1N[C@H]1CCCC[C@H]1N. The minimum absolute atomic E-state index is 0.0781. The molecule has 2 aromatic rings. The van der Waals surface area contributed by atoms with Gasteiger partial charge in [0.25, 0.3) is 5.91 Å². The molecule has 40 heavy (non-hydrogen) atoms. The van der Waals surface area contributed by atoms with Crippen molar-refractivity contribution < 1.29 is 4.79 Å². The summed E-state index contributed by atoms with van der Waals surface area (Å²) in [5, 5.41) is 6.88. The van der Waals surface area contributed by atoms with Crippen molar-refractivity contribution in [1.29, 1.82) is 0 Å². The molecule has 1 aromatic heterocycles. The Labute approximate surface area is 238 Å². The molecule has 0 bridgehead atoms. The van der Waals surface area contributed by atoms with Gasteiger partial charge in [-0.3, -0.25) is 9.69 Å². The number of piperazine rings is 1. The fourth-order valence-corrected chi connectivity index (χ4v) is 6.49. The van der Waals surface area contributed by atoms with Gasteiger partial charge in [0.05, 0.1) is 5.69 Å². The molecule has 0 spiro atoms. The first-order chi connectivity index (χ1) is 19.3. The number of aromatic nitrogens is 2. The fourth-order valence-electron chi connectivity index (χ4n) is 6.49. The van der Waals surface area contributed by atoms with Crippen molar-refractivity contribution in [2.45, 2.75) is 76.9 Å². The van der Waals surface area contributed by atoms with Gasteiger partial charge in [-0.25, -0.2) is 9.97 Å². The minimum atomic E-state index is -0.595. The molecule has 218 valence electrons. The van der Waals surface area contributed by atoms with Crippen LogP contribution < -0.4 is 27.0 Å². The van der Waals surface area contributed by atoms with E-state index in [0.29, 0.717) is 24.1 Å². The molecule has 2 aliphatic heterocycles. The number of carbonyl (C=O) groups excluding carboxylic acids is 1. The van der Waals surface area contributed by atoms with Crippen LogP contribution in [0.2, 0.25) is 0 Å². The summed E-state index contributed by atoms with van der Waals surface area (Å²) in [6.45, 7) is 11.0. The summed E-state index contributed by atoms with van der Waals surface area (Å²) < 4.78 is 0. The van der Waals surface area contributed by atoms with Gasteiger partial charge in [0.1, 0.15) is 0 Å². The standard InChI is InChI=1S/C30H47N9O/c1-4-24-29(35-25-8-6-5-7-23(25)31)36-30(27(34-24)28(32)40)33-21-9-10-26(20(2)19-21)39-13-11-22(12-14-39)38-17-15-37(3)16-18-38/h9-10,19,22-23,25H,4-8,11-18,31H2,1-3H3,(H2,32,40)(H2,33,35,36)/t23-,25+/m1/s1. The van der Waals surface area contributed by atoms with Gasteiger partial charge < -0.3 is 31.9 Å². The lowest BCUT2D eigenvalue weighted by molar-refractivity contribution is 0.0982. The molecule has 1 saturated carbocycles. The van der Waals surface area contributed by atoms with Gasteiger partial charge in [-0.2, -0.15) is 0 Å². The van der Waals surface area contributed by atoms with Crippen molar-refractivity contribution in [1.82, 2.24) is 19.8 Å². The molecular weight excluding hydrogens is 502 g/mol. The van der Waals surface area contributed by atoms with Gasteiger partial charge in [0.2, 0.25) is 0 Å². The van der Waals surface area contributed by atoms with E-state index >= 15 is 0 Å². The lowest BCUT2D eigenvalue weighted by Crippen LogP contribution is -2.52. The average Bonchev–Trinajstić information content (AvgIpc) is 2.95. The summed E-state index contributed by atoms with van der Waals surface area (Å²) in [5.41, 5.74) is 16.3. The Morgan fingerprint density at radius 3 is 2.38 bits per heavy atom. The van der Waals surface area contributed by atoms with Crippen LogP contribution in [0.3, 0.4) is 0 Å². The number of hydrogen-bond donors (Lipinski definition) is 4. The van der Waals surface area contributed by atoms with Crippen LogP contribution in [0.5, 0.6) is 0 Å². The lowest BCUT2D eigenvalue weighted by atomic mass is 9.91. The van der Waals surface area contributed by atoms with Gasteiger partial charge >= 0.3 is 0 Å². The lowest BCUT2D eigenvalue weighted by Gasteiger charge is -2.43. The highest BCUT2D eigenvalue weighted by molar-refractivity contribution is 5.96. The zero-order valence-corrected chi connectivity index (χ0v) is 24.5. The third kappa shape index (κ3) is 6.50. The molecule has 1 aromatic carbocycles. The molecule has 0 unspecified atom stereocenters. The highest BCUT2D eigenvalue weighted by atomic mass is 16.1. The molecule has 1 amide bonds. The average molecular weight is 550 g/mol. The number of piperidine rings is 1. The van der Waals surface area contributed by atoms with Crippen LogP contribution in [-0.2, 0) is 6.42 Å². The zero-order valence-electron chi connectivity index (χ0n) is 24.5. The van der Waals surface area contributed by atoms with E-state index in [9.17, 15) is 4.79 Å². The fraction of sp³-hybridized carbons (Fsp3) is 0.633. The smallest absolute Gasteiger partial charge is 0.271 e. The molecular formula is C30H47N9O. The summed E-state index contributed by atoms with van der Waals surface area (Å²) in [5.74, 6) is 0.452. The van der Waals surface area contributed by atoms with Gasteiger partial charge in [-0.05, 0) is 69.8 Å². The molecule has 1 aliphatic carbocycles. The maximum Gasteiger partial charge on any atom is 0.271 e. The third-order valence-electron chi connectivity index (χ3n) is 9.00. The largest absolute Gasteiger partial charge is 0.371 e. The number of rotatable bonds is 8. The predicted molar refractivity (Wildman–Crippen MR) is 163 cm³/mol. The topological polar surface area (TPSA) is 129 Å². The quantitative estimate of drug-likeness (QED) is 0.393. The number of aryl methyl sites for hydroxylation is 2. The number of amides is 1. The van der Waals surface area contributed by atoms with Crippen LogP contribution in [0, 0.1) is 6.92 Å². The molecule has 0 radical (unpaired) electrons. The van der Waals surface area contributed by atoms with Crippen molar-refractivity contribution in [2.24, 2.45) is 11.5 Å². The number of benzene rings is 1. The Bertz CT molecular complexity index is 1170. The van der Waals surface area contributed by atoms with Gasteiger partial charge in [-0.1, -0.05) is 19.8 Å². The molecule has 10 nitrogen and oxygen atoms in total. The maximum atomic E-state index is 12.3. The van der Waals surface area contributed by atoms with Crippen molar-refractivity contribution in [3.05, 3.63) is 35.2 Å². The number of anilines is 4. The Hall–Kier alpha value is -2.95. The van der Waals surface area contributed by atoms with E-state index in [1.807, 2.05) is 6.92 Å². The van der Waals surface area contributed by atoms with E-state index in [-0.39, 0.29) is 17.8 Å². The number of likely N-dealkylation sites (N-methyl/N-ethyl adjacent to an activating group) is 1. The van der Waals surface area contributed by atoms with E-state index in [1.165, 1.54) is 50.3 Å². The van der Waals surface area contributed by atoms with Crippen LogP contribution in [0.15, 0.2) is 18.2 Å². The second-order valence-electron chi connectivity index (χ2n) is 11.8. The minimum Gasteiger partial charge on any atom is -0.371 e. The molecule has 3 aliphatic rings. The molecule has 5 rings (SSSR count). The summed E-state index contributed by atoms with van der Waals surface area (Å²) in [6, 6.07) is 7.25. The monoisotopic (exact) mass is 549 g/mol. The van der Waals surface area contributed by atoms with Crippen LogP contribution in [-0.4, -0.2) is 90.1 Å². The normalized spacial score (nSPS) is 23.2. The second kappa shape index (κ2) is 12.7. The number of primary amides is 1. The van der Waals surface area contributed by atoms with Gasteiger partial charge in [-0.15, -0.1) is 0 Å². The molecule has 6 N–H and O–H groups in total. The van der Waals surface area contributed by atoms with Crippen molar-refractivity contribution in [2.75, 3.05) is 61.8 Å². The highest BCUT2D eigenvalue weighted by Gasteiger charge is 2.28. The number of nitrogens with zero attached hydrogens (tertiary/aromatic N) is 5. The van der Waals surface area contributed by atoms with E-state index in [0.717, 1.165) is 50.2 Å². The Morgan fingerprint density at radius 2 is 1.73 bits per heavy atom. The molecule has 10 heteroatoms. The van der Waals surface area contributed by atoms with Gasteiger partial charge in [0, 0.05) is 68.8 Å². The highest BCUT2D eigenvalue weighted by Crippen LogP contribution is 2.31. The van der Waals surface area contributed by atoms with E-state index in [1.54, 1.807) is 0 Å². The predicted octanol–water partition coefficient (Wildman–Crippen LogP) is 3.09. The first-order valence-electron chi connectivity index (χ1n) is 15.1. The van der Waals surface area contributed by atoms with E-state index in [2.05, 4.69) is 62.5 Å². The number of carbonyl (C=O) groups is 1. The summed E-state index contributed by atoms with van der Waals surface area (Å²) >= 11 is 0. The molecule has 2 saturated heterocycles. The second-order valence-corrected chi connectivity index (χ2v) is 11.8. The number of hydrogen-bond acceptors (Lipinski definition) is 9. The van der Waals surface area contributed by atoms with Crippen LogP contribution in [0.25, 0.3) is 0 Å². The Balaban J connectivity index is 1.29. The van der Waals surface area contributed by atoms with Crippen molar-refractivity contribution in [3.8, 4) is 0 Å². The molecule has 3 heterocycles. The zero-order chi connectivity index (χ0) is 28.2. The molecule has 3 fully saturated rings. The Kier molecular flexibility index (Phi) is 9.07. The molecule has 2 atom stereocenters. The van der Waals surface area contributed by atoms with Crippen molar-refractivity contribution in [3.63, 3.8) is 0 Å². The van der Waals surface area contributed by atoms with Crippen LogP contribution in [0.4, 0.5) is 23.0 Å². The van der Waals surface area contributed by atoms with Gasteiger partial charge in [0.15, 0.2) is 17.3 Å². The first kappa shape index (κ1) is 28.6. The summed E-state index contributed by atoms with van der Waals surface area (Å²) in [4.78, 5) is 29.4.